The van der Waals surface area contributed by atoms with Crippen LogP contribution < -0.4 is 10.6 Å². The number of hydrogen-bond donors (Lipinski definition) is 2. The van der Waals surface area contributed by atoms with Gasteiger partial charge in [-0.05, 0) is 20.0 Å². The average Bonchev–Trinajstić information content (AvgIpc) is 2.25. The van der Waals surface area contributed by atoms with Gasteiger partial charge in [-0.3, -0.25) is 0 Å². The molecule has 2 heterocycles. The number of ether oxygens (including phenoxy) is 1. The highest BCUT2D eigenvalue weighted by atomic mass is 16.5. The maximum absolute atomic E-state index is 5.91. The SMILES string of the molecule is CNC1[C@H](C)C2CCNC[C@H]1O2. The molecule has 4 atom stereocenters. The van der Waals surface area contributed by atoms with Gasteiger partial charge < -0.3 is 15.4 Å². The van der Waals surface area contributed by atoms with Gasteiger partial charge in [0, 0.05) is 18.5 Å². The minimum Gasteiger partial charge on any atom is -0.372 e. The molecule has 2 rings (SSSR count). The Morgan fingerprint density at radius 2 is 2.25 bits per heavy atom. The Morgan fingerprint density at radius 3 is 3.00 bits per heavy atom. The van der Waals surface area contributed by atoms with Crippen LogP contribution in [0.25, 0.3) is 0 Å². The Bertz CT molecular complexity index is 163. The van der Waals surface area contributed by atoms with E-state index < -0.39 is 0 Å². The van der Waals surface area contributed by atoms with Crippen LogP contribution in [0.2, 0.25) is 0 Å². The van der Waals surface area contributed by atoms with E-state index in [4.69, 9.17) is 4.74 Å². The van der Waals surface area contributed by atoms with E-state index in [2.05, 4.69) is 17.6 Å². The zero-order valence-corrected chi connectivity index (χ0v) is 7.84. The van der Waals surface area contributed by atoms with Crippen molar-refractivity contribution < 1.29 is 4.74 Å². The van der Waals surface area contributed by atoms with Gasteiger partial charge >= 0.3 is 0 Å². The van der Waals surface area contributed by atoms with E-state index in [1.54, 1.807) is 0 Å². The summed E-state index contributed by atoms with van der Waals surface area (Å²) in [6.07, 6.45) is 2.02. The Kier molecular flexibility index (Phi) is 2.35. The minimum absolute atomic E-state index is 0.387. The highest BCUT2D eigenvalue weighted by molar-refractivity contribution is 4.95. The fourth-order valence-corrected chi connectivity index (χ4v) is 2.45. The van der Waals surface area contributed by atoms with Crippen molar-refractivity contribution in [1.29, 1.82) is 0 Å². The second-order valence-corrected chi connectivity index (χ2v) is 3.88. The van der Waals surface area contributed by atoms with Crippen molar-refractivity contribution in [3.05, 3.63) is 0 Å². The summed E-state index contributed by atoms with van der Waals surface area (Å²) in [5, 5.41) is 6.75. The summed E-state index contributed by atoms with van der Waals surface area (Å²) in [6, 6.07) is 0.544. The first kappa shape index (κ1) is 8.48. The Labute approximate surface area is 73.9 Å². The van der Waals surface area contributed by atoms with E-state index in [-0.39, 0.29) is 0 Å². The molecule has 2 aliphatic rings. The third kappa shape index (κ3) is 1.26. The molecule has 0 amide bonds. The Balaban J connectivity index is 2.08. The van der Waals surface area contributed by atoms with E-state index in [1.165, 1.54) is 0 Å². The summed E-state index contributed by atoms with van der Waals surface area (Å²) in [5.41, 5.74) is 0. The fourth-order valence-electron chi connectivity index (χ4n) is 2.45. The lowest BCUT2D eigenvalue weighted by atomic mass is 9.93. The molecule has 3 nitrogen and oxygen atoms in total. The van der Waals surface area contributed by atoms with Crippen LogP contribution in [0, 0.1) is 5.92 Å². The van der Waals surface area contributed by atoms with Crippen LogP contribution in [-0.2, 0) is 4.74 Å². The van der Waals surface area contributed by atoms with Gasteiger partial charge in [-0.2, -0.15) is 0 Å². The van der Waals surface area contributed by atoms with Crippen LogP contribution in [0.15, 0.2) is 0 Å². The van der Waals surface area contributed by atoms with E-state index in [9.17, 15) is 0 Å². The van der Waals surface area contributed by atoms with Crippen molar-refractivity contribution in [1.82, 2.24) is 10.6 Å². The van der Waals surface area contributed by atoms with Gasteiger partial charge in [0.05, 0.1) is 12.2 Å². The number of hydrogen-bond acceptors (Lipinski definition) is 3. The lowest BCUT2D eigenvalue weighted by molar-refractivity contribution is 0.0444. The molecule has 2 bridgehead atoms. The molecule has 2 aliphatic heterocycles. The molecule has 0 aromatic rings. The molecule has 3 heteroatoms. The van der Waals surface area contributed by atoms with Crippen LogP contribution in [0.3, 0.4) is 0 Å². The average molecular weight is 170 g/mol. The van der Waals surface area contributed by atoms with Crippen molar-refractivity contribution in [2.45, 2.75) is 31.6 Å². The summed E-state index contributed by atoms with van der Waals surface area (Å²) in [4.78, 5) is 0. The van der Waals surface area contributed by atoms with E-state index >= 15 is 0 Å². The predicted octanol–water partition coefficient (Wildman–Crippen LogP) is -0.0288. The molecule has 0 aromatic heterocycles. The lowest BCUT2D eigenvalue weighted by Crippen LogP contribution is -2.44. The molecule has 70 valence electrons. The first-order valence-corrected chi connectivity index (χ1v) is 4.86. The van der Waals surface area contributed by atoms with Crippen molar-refractivity contribution in [2.75, 3.05) is 20.1 Å². The van der Waals surface area contributed by atoms with Crippen LogP contribution in [0.4, 0.5) is 0 Å². The number of nitrogens with one attached hydrogen (secondary N) is 2. The molecule has 0 radical (unpaired) electrons. The highest BCUT2D eigenvalue weighted by Gasteiger charge is 2.41. The van der Waals surface area contributed by atoms with Crippen LogP contribution in [-0.4, -0.2) is 38.4 Å². The third-order valence-corrected chi connectivity index (χ3v) is 3.19. The van der Waals surface area contributed by atoms with Crippen LogP contribution in [0.5, 0.6) is 0 Å². The normalized spacial score (nSPS) is 47.5. The topological polar surface area (TPSA) is 33.3 Å². The maximum atomic E-state index is 5.91. The molecule has 2 fully saturated rings. The molecule has 0 saturated carbocycles. The quantitative estimate of drug-likeness (QED) is 0.580. The molecule has 2 unspecified atom stereocenters. The first-order chi connectivity index (χ1) is 5.83. The molecule has 2 saturated heterocycles. The van der Waals surface area contributed by atoms with Crippen molar-refractivity contribution in [3.8, 4) is 0 Å². The Morgan fingerprint density at radius 1 is 1.42 bits per heavy atom. The second-order valence-electron chi connectivity index (χ2n) is 3.88. The summed E-state index contributed by atoms with van der Waals surface area (Å²) >= 11 is 0. The van der Waals surface area contributed by atoms with Gasteiger partial charge in [-0.1, -0.05) is 6.92 Å². The van der Waals surface area contributed by atoms with Crippen LogP contribution >= 0.6 is 0 Å². The monoisotopic (exact) mass is 170 g/mol. The van der Waals surface area contributed by atoms with Crippen LogP contribution in [0.1, 0.15) is 13.3 Å². The summed E-state index contributed by atoms with van der Waals surface area (Å²) in [5.74, 6) is 0.669. The molecule has 0 aromatic carbocycles. The smallest absolute Gasteiger partial charge is 0.0859 e. The number of likely N-dealkylation sites (N-methyl/N-ethyl adjacent to an activating group) is 1. The van der Waals surface area contributed by atoms with E-state index in [0.717, 1.165) is 19.5 Å². The maximum Gasteiger partial charge on any atom is 0.0859 e. The largest absolute Gasteiger partial charge is 0.372 e. The summed E-state index contributed by atoms with van der Waals surface area (Å²) in [6.45, 7) is 4.41. The minimum atomic E-state index is 0.387. The highest BCUT2D eigenvalue weighted by Crippen LogP contribution is 2.29. The van der Waals surface area contributed by atoms with E-state index in [0.29, 0.717) is 24.2 Å². The molecular weight excluding hydrogens is 152 g/mol. The molecule has 0 aliphatic carbocycles. The second kappa shape index (κ2) is 3.32. The molecular formula is C9H18N2O. The van der Waals surface area contributed by atoms with Gasteiger partial charge in [-0.15, -0.1) is 0 Å². The standard InChI is InChI=1S/C9H18N2O/c1-6-7-3-4-11-5-8(12-7)9(6)10-2/h6-11H,3-5H2,1-2H3/t6-,7?,8-,9?/m1/s1. The van der Waals surface area contributed by atoms with Gasteiger partial charge in [0.2, 0.25) is 0 Å². The lowest BCUT2D eigenvalue weighted by Gasteiger charge is -2.22. The number of rotatable bonds is 1. The van der Waals surface area contributed by atoms with Crippen molar-refractivity contribution in [2.24, 2.45) is 5.92 Å². The fraction of sp³-hybridized carbons (Fsp3) is 1.00. The summed E-state index contributed by atoms with van der Waals surface area (Å²) < 4.78 is 5.91. The van der Waals surface area contributed by atoms with E-state index in [1.807, 2.05) is 7.05 Å². The van der Waals surface area contributed by atoms with Crippen molar-refractivity contribution >= 4 is 0 Å². The molecule has 12 heavy (non-hydrogen) atoms. The Hall–Kier alpha value is -0.120. The molecule has 0 spiro atoms. The third-order valence-electron chi connectivity index (χ3n) is 3.19. The van der Waals surface area contributed by atoms with Gasteiger partial charge in [0.1, 0.15) is 0 Å². The van der Waals surface area contributed by atoms with Gasteiger partial charge in [-0.25, -0.2) is 0 Å². The summed E-state index contributed by atoms with van der Waals surface area (Å²) in [7, 11) is 2.03. The zero-order chi connectivity index (χ0) is 8.55. The molecule has 2 N–H and O–H groups in total. The van der Waals surface area contributed by atoms with Crippen molar-refractivity contribution in [3.63, 3.8) is 0 Å². The van der Waals surface area contributed by atoms with Gasteiger partial charge in [0.25, 0.3) is 0 Å². The number of fused-ring (bicyclic) bond motifs is 2. The zero-order valence-electron chi connectivity index (χ0n) is 7.84. The van der Waals surface area contributed by atoms with Gasteiger partial charge in [0.15, 0.2) is 0 Å². The first-order valence-electron chi connectivity index (χ1n) is 4.86. The predicted molar refractivity (Wildman–Crippen MR) is 48.2 cm³/mol.